The Balaban J connectivity index is 0.000000193. The summed E-state index contributed by atoms with van der Waals surface area (Å²) in [5, 5.41) is 12.8. The van der Waals surface area contributed by atoms with Crippen LogP contribution in [-0.2, 0) is 4.74 Å². The summed E-state index contributed by atoms with van der Waals surface area (Å²) in [7, 11) is 2.21. The van der Waals surface area contributed by atoms with Crippen LogP contribution in [0.4, 0.5) is 0 Å². The molecule has 0 aromatic rings. The highest BCUT2D eigenvalue weighted by Crippen LogP contribution is 2.26. The number of aliphatic hydroxyl groups excluding tert-OH is 1. The van der Waals surface area contributed by atoms with E-state index in [4.69, 9.17) is 21.3 Å². The van der Waals surface area contributed by atoms with Crippen LogP contribution < -0.4 is 16.8 Å². The van der Waals surface area contributed by atoms with Gasteiger partial charge in [-0.2, -0.15) is 0 Å². The molecule has 2 saturated heterocycles. The quantitative estimate of drug-likeness (QED) is 0.496. The monoisotopic (exact) mass is 446 g/mol. The average Bonchev–Trinajstić information content (AvgIpc) is 3.56. The zero-order valence-corrected chi connectivity index (χ0v) is 20.4. The zero-order chi connectivity index (χ0) is 23.5. The molecular weight excluding hydrogens is 400 g/mol. The van der Waals surface area contributed by atoms with Gasteiger partial charge in [-0.05, 0) is 69.8 Å². The maximum Gasteiger partial charge on any atom is 0.128 e. The molecule has 0 radical (unpaired) electrons. The van der Waals surface area contributed by atoms with Gasteiger partial charge in [0.15, 0.2) is 0 Å². The lowest BCUT2D eigenvalue weighted by Crippen LogP contribution is -2.46. The van der Waals surface area contributed by atoms with Crippen LogP contribution >= 0.6 is 0 Å². The van der Waals surface area contributed by atoms with E-state index < -0.39 is 6.23 Å². The number of piperidine rings is 1. The molecule has 0 spiro atoms. The summed E-state index contributed by atoms with van der Waals surface area (Å²) < 4.78 is 5.36. The molecule has 2 heterocycles. The Labute approximate surface area is 195 Å². The van der Waals surface area contributed by atoms with Gasteiger partial charge in [0.2, 0.25) is 0 Å². The van der Waals surface area contributed by atoms with Gasteiger partial charge in [0.05, 0.1) is 0 Å². The first-order valence-electron chi connectivity index (χ1n) is 12.2. The summed E-state index contributed by atoms with van der Waals surface area (Å²) >= 11 is 0. The third-order valence-electron chi connectivity index (χ3n) is 6.35. The first-order chi connectivity index (χ1) is 15.2. The van der Waals surface area contributed by atoms with Crippen molar-refractivity contribution in [2.24, 2.45) is 17.4 Å². The summed E-state index contributed by atoms with van der Waals surface area (Å²) in [4.78, 5) is 2.42. The molecule has 2 unspecified atom stereocenters. The molecule has 1 saturated carbocycles. The molecule has 0 bridgehead atoms. The predicted octanol–water partition coefficient (Wildman–Crippen LogP) is 2.86. The standard InChI is InChI=1S/C11H22N2O.C11H16N2O.C4H8/c1-13-6-2-10(3-7-13)12-11-4-8-14-9-5-11;1-7-3-4-10(12)9(5-7)6-8(2)11(13)14;1-4-2-3-4/h10-12H,2-9H2,1H3;3-6,10-11,14H,2,12-13H2,1H3;4H,2-3H2,1H3/b;9-6-;. The van der Waals surface area contributed by atoms with E-state index in [0.717, 1.165) is 42.4 Å². The molecular formula is C26H46N4O2. The van der Waals surface area contributed by atoms with Crippen LogP contribution in [0.3, 0.4) is 0 Å². The molecule has 182 valence electrons. The summed E-state index contributed by atoms with van der Waals surface area (Å²) in [5.41, 5.74) is 13.6. The highest BCUT2D eigenvalue weighted by atomic mass is 16.5. The predicted molar refractivity (Wildman–Crippen MR) is 134 cm³/mol. The number of allylic oxidation sites excluding steroid dienone is 2. The SMILES string of the molecule is C=C(/C=C1/C=C(C)C=CC1N)C(N)O.CC1CC1.CN1CCC(NC2CCOCC2)CC1. The average molecular weight is 447 g/mol. The van der Waals surface area contributed by atoms with Gasteiger partial charge in [-0.3, -0.25) is 0 Å². The molecule has 3 fully saturated rings. The number of hydrogen-bond acceptors (Lipinski definition) is 6. The van der Waals surface area contributed by atoms with Crippen molar-refractivity contribution < 1.29 is 9.84 Å². The Morgan fingerprint density at radius 3 is 2.28 bits per heavy atom. The van der Waals surface area contributed by atoms with Gasteiger partial charge in [-0.15, -0.1) is 0 Å². The Morgan fingerprint density at radius 2 is 1.75 bits per heavy atom. The molecule has 2 aliphatic carbocycles. The van der Waals surface area contributed by atoms with Gasteiger partial charge >= 0.3 is 0 Å². The van der Waals surface area contributed by atoms with Gasteiger partial charge in [0.1, 0.15) is 6.23 Å². The van der Waals surface area contributed by atoms with Crippen molar-refractivity contribution >= 4 is 0 Å². The van der Waals surface area contributed by atoms with Crippen LogP contribution in [0.5, 0.6) is 0 Å². The van der Waals surface area contributed by atoms with Crippen molar-refractivity contribution in [1.29, 1.82) is 0 Å². The van der Waals surface area contributed by atoms with Crippen LogP contribution in [-0.4, -0.2) is 67.7 Å². The molecule has 0 aromatic carbocycles. The third-order valence-corrected chi connectivity index (χ3v) is 6.35. The van der Waals surface area contributed by atoms with Gasteiger partial charge in [0.25, 0.3) is 0 Å². The number of likely N-dealkylation sites (tertiary alicyclic amines) is 1. The van der Waals surface area contributed by atoms with Crippen LogP contribution in [0.15, 0.2) is 47.6 Å². The second-order valence-corrected chi connectivity index (χ2v) is 9.75. The lowest BCUT2D eigenvalue weighted by molar-refractivity contribution is 0.0715. The van der Waals surface area contributed by atoms with Crippen LogP contribution in [0.2, 0.25) is 0 Å². The highest BCUT2D eigenvalue weighted by molar-refractivity contribution is 5.43. The largest absolute Gasteiger partial charge is 0.381 e. The van der Waals surface area contributed by atoms with E-state index in [-0.39, 0.29) is 6.04 Å². The van der Waals surface area contributed by atoms with Gasteiger partial charge in [-0.25, -0.2) is 0 Å². The fourth-order valence-corrected chi connectivity index (χ4v) is 3.75. The van der Waals surface area contributed by atoms with Gasteiger partial charge < -0.3 is 31.5 Å². The fourth-order valence-electron chi connectivity index (χ4n) is 3.75. The lowest BCUT2D eigenvalue weighted by atomic mass is 9.97. The van der Waals surface area contributed by atoms with Gasteiger partial charge in [0, 0.05) is 31.3 Å². The molecule has 2 atom stereocenters. The minimum Gasteiger partial charge on any atom is -0.381 e. The number of nitrogens with zero attached hydrogens (tertiary/aromatic N) is 1. The Bertz CT molecular complexity index is 653. The summed E-state index contributed by atoms with van der Waals surface area (Å²) in [6.07, 6.45) is 14.5. The number of nitrogens with one attached hydrogen (secondary N) is 1. The Hall–Kier alpha value is -1.28. The van der Waals surface area contributed by atoms with Crippen molar-refractivity contribution in [2.75, 3.05) is 33.4 Å². The van der Waals surface area contributed by atoms with Crippen LogP contribution in [0, 0.1) is 5.92 Å². The van der Waals surface area contributed by atoms with Crippen LogP contribution in [0.1, 0.15) is 52.4 Å². The lowest BCUT2D eigenvalue weighted by Gasteiger charge is -2.33. The minimum absolute atomic E-state index is 0.144. The van der Waals surface area contributed by atoms with E-state index in [1.54, 1.807) is 6.08 Å². The van der Waals surface area contributed by atoms with Crippen molar-refractivity contribution in [2.45, 2.75) is 76.7 Å². The summed E-state index contributed by atoms with van der Waals surface area (Å²) in [5.74, 6) is 1.08. The summed E-state index contributed by atoms with van der Waals surface area (Å²) in [6, 6.07) is 1.33. The Morgan fingerprint density at radius 1 is 1.19 bits per heavy atom. The van der Waals surface area contributed by atoms with Crippen molar-refractivity contribution in [3.63, 3.8) is 0 Å². The van der Waals surface area contributed by atoms with Crippen LogP contribution in [0.25, 0.3) is 0 Å². The van der Waals surface area contributed by atoms with E-state index >= 15 is 0 Å². The second-order valence-electron chi connectivity index (χ2n) is 9.75. The molecule has 0 amide bonds. The summed E-state index contributed by atoms with van der Waals surface area (Å²) in [6.45, 7) is 12.3. The van der Waals surface area contributed by atoms with Crippen molar-refractivity contribution in [1.82, 2.24) is 10.2 Å². The van der Waals surface area contributed by atoms with Crippen molar-refractivity contribution in [3.05, 3.63) is 47.6 Å². The smallest absolute Gasteiger partial charge is 0.128 e. The maximum absolute atomic E-state index is 9.06. The van der Waals surface area contributed by atoms with E-state index in [9.17, 15) is 0 Å². The molecule has 4 rings (SSSR count). The first kappa shape index (κ1) is 27.0. The second kappa shape index (κ2) is 14.1. The minimum atomic E-state index is -1.02. The molecule has 4 aliphatic rings. The first-order valence-corrected chi connectivity index (χ1v) is 12.2. The number of ether oxygens (including phenoxy) is 1. The normalized spacial score (nSPS) is 27.0. The van der Waals surface area contributed by atoms with E-state index in [1.165, 1.54) is 51.6 Å². The Kier molecular flexibility index (Phi) is 11.9. The molecule has 6 heteroatoms. The number of hydrogen-bond donors (Lipinski definition) is 4. The molecule has 32 heavy (non-hydrogen) atoms. The zero-order valence-electron chi connectivity index (χ0n) is 20.4. The highest BCUT2D eigenvalue weighted by Gasteiger charge is 2.21. The number of rotatable bonds is 4. The molecule has 6 nitrogen and oxygen atoms in total. The third kappa shape index (κ3) is 11.0. The van der Waals surface area contributed by atoms with E-state index in [2.05, 4.69) is 30.8 Å². The maximum atomic E-state index is 9.06. The fraction of sp³-hybridized carbons (Fsp3) is 0.692. The topological polar surface area (TPSA) is 96.8 Å². The number of aliphatic hydroxyl groups is 1. The van der Waals surface area contributed by atoms with Gasteiger partial charge in [-0.1, -0.05) is 56.2 Å². The molecule has 6 N–H and O–H groups in total. The van der Waals surface area contributed by atoms with E-state index in [0.29, 0.717) is 5.57 Å². The molecule has 2 aliphatic heterocycles. The molecule has 0 aromatic heterocycles. The van der Waals surface area contributed by atoms with E-state index in [1.807, 2.05) is 25.2 Å². The van der Waals surface area contributed by atoms with Crippen molar-refractivity contribution in [3.8, 4) is 0 Å². The number of nitrogens with two attached hydrogens (primary N) is 2.